The van der Waals surface area contributed by atoms with Crippen LogP contribution in [0.3, 0.4) is 0 Å². The fraction of sp³-hybridized carbons (Fsp3) is 0.238. The Balaban J connectivity index is 2.08. The number of anilines is 1. The maximum atomic E-state index is 13.1. The third-order valence-electron chi connectivity index (χ3n) is 4.63. The van der Waals surface area contributed by atoms with Gasteiger partial charge in [-0.2, -0.15) is 0 Å². The number of nitrogens with zero attached hydrogens (tertiary/aromatic N) is 1. The number of methoxy groups -OCH3 is 1. The average Bonchev–Trinajstić information content (AvgIpc) is 2.90. The Morgan fingerprint density at radius 1 is 1.03 bits per heavy atom. The minimum atomic E-state index is -0.425. The third kappa shape index (κ3) is 4.43. The lowest BCUT2D eigenvalue weighted by atomic mass is 10.0. The predicted octanol–water partition coefficient (Wildman–Crippen LogP) is 5.18. The van der Waals surface area contributed by atoms with Gasteiger partial charge in [-0.3, -0.25) is 14.5 Å². The first-order valence-electron chi connectivity index (χ1n) is 8.92. The van der Waals surface area contributed by atoms with Crippen molar-refractivity contribution in [3.63, 3.8) is 0 Å². The Morgan fingerprint density at radius 3 is 2.48 bits per heavy atom. The first kappa shape index (κ1) is 21.7. The van der Waals surface area contributed by atoms with Gasteiger partial charge in [0.25, 0.3) is 11.8 Å². The molecule has 3 rings (SSSR count). The van der Waals surface area contributed by atoms with Gasteiger partial charge >= 0.3 is 0 Å². The van der Waals surface area contributed by atoms with Crippen molar-refractivity contribution < 1.29 is 14.3 Å². The van der Waals surface area contributed by atoms with Crippen LogP contribution in [0.4, 0.5) is 5.69 Å². The second-order valence-electron chi connectivity index (χ2n) is 6.52. The Bertz CT molecular complexity index is 1000. The molecule has 0 fully saturated rings. The summed E-state index contributed by atoms with van der Waals surface area (Å²) in [5.41, 5.74) is 2.19. The van der Waals surface area contributed by atoms with E-state index in [2.05, 4.69) is 5.32 Å². The number of hydrogen-bond donors (Lipinski definition) is 1. The van der Waals surface area contributed by atoms with E-state index in [4.69, 9.17) is 39.5 Å². The van der Waals surface area contributed by atoms with Crippen LogP contribution < -0.4 is 5.32 Å². The van der Waals surface area contributed by atoms with Crippen molar-refractivity contribution in [2.24, 2.45) is 0 Å². The molecule has 2 aromatic rings. The first-order valence-corrected chi connectivity index (χ1v) is 10.1. The lowest BCUT2D eigenvalue weighted by Crippen LogP contribution is -2.34. The van der Waals surface area contributed by atoms with Crippen LogP contribution in [0, 0.1) is 6.92 Å². The molecule has 1 aliphatic heterocycles. The maximum absolute atomic E-state index is 13.1. The van der Waals surface area contributed by atoms with Crippen LogP contribution in [0.25, 0.3) is 5.57 Å². The fourth-order valence-electron chi connectivity index (χ4n) is 3.08. The van der Waals surface area contributed by atoms with E-state index in [0.29, 0.717) is 34.3 Å². The SMILES string of the molecule is COCCCN1C(=O)C(Nc2cccc(Cl)c2C)=C(c2ccc(Cl)cc2Cl)C1=O. The Labute approximate surface area is 184 Å². The van der Waals surface area contributed by atoms with Crippen LogP contribution >= 0.6 is 34.8 Å². The van der Waals surface area contributed by atoms with E-state index in [0.717, 1.165) is 5.56 Å². The molecule has 0 saturated heterocycles. The Kier molecular flexibility index (Phi) is 6.85. The molecule has 0 aromatic heterocycles. The van der Waals surface area contributed by atoms with E-state index in [1.165, 1.54) is 4.90 Å². The highest BCUT2D eigenvalue weighted by molar-refractivity contribution is 6.41. The second-order valence-corrected chi connectivity index (χ2v) is 7.77. The number of benzene rings is 2. The smallest absolute Gasteiger partial charge is 0.278 e. The van der Waals surface area contributed by atoms with E-state index in [1.807, 2.05) is 6.92 Å². The van der Waals surface area contributed by atoms with Crippen LogP contribution in [0.1, 0.15) is 17.5 Å². The van der Waals surface area contributed by atoms with Gasteiger partial charge in [0, 0.05) is 41.6 Å². The Morgan fingerprint density at radius 2 is 1.79 bits per heavy atom. The molecule has 1 N–H and O–H groups in total. The van der Waals surface area contributed by atoms with Crippen molar-refractivity contribution in [1.29, 1.82) is 0 Å². The molecular formula is C21H19Cl3N2O3. The van der Waals surface area contributed by atoms with Gasteiger partial charge in [-0.15, -0.1) is 0 Å². The monoisotopic (exact) mass is 452 g/mol. The minimum absolute atomic E-state index is 0.155. The van der Waals surface area contributed by atoms with Gasteiger partial charge in [0.1, 0.15) is 5.70 Å². The number of rotatable bonds is 7. The highest BCUT2D eigenvalue weighted by Gasteiger charge is 2.39. The molecule has 1 aliphatic rings. The lowest BCUT2D eigenvalue weighted by molar-refractivity contribution is -0.136. The summed E-state index contributed by atoms with van der Waals surface area (Å²) >= 11 is 18.6. The van der Waals surface area contributed by atoms with Crippen LogP contribution in [0.15, 0.2) is 42.1 Å². The van der Waals surface area contributed by atoms with Crippen molar-refractivity contribution in [2.75, 3.05) is 25.6 Å². The number of halogens is 3. The highest BCUT2D eigenvalue weighted by Crippen LogP contribution is 2.36. The number of imide groups is 1. The van der Waals surface area contributed by atoms with E-state index in [-0.39, 0.29) is 22.8 Å². The van der Waals surface area contributed by atoms with Gasteiger partial charge < -0.3 is 10.1 Å². The zero-order valence-electron chi connectivity index (χ0n) is 15.9. The average molecular weight is 454 g/mol. The van der Waals surface area contributed by atoms with Gasteiger partial charge in [-0.05, 0) is 43.2 Å². The molecule has 0 aliphatic carbocycles. The van der Waals surface area contributed by atoms with Crippen molar-refractivity contribution in [3.05, 3.63) is 68.3 Å². The summed E-state index contributed by atoms with van der Waals surface area (Å²) in [7, 11) is 1.57. The van der Waals surface area contributed by atoms with Crippen LogP contribution in [-0.2, 0) is 14.3 Å². The van der Waals surface area contributed by atoms with Gasteiger partial charge in [0.2, 0.25) is 0 Å². The molecule has 0 spiro atoms. The lowest BCUT2D eigenvalue weighted by Gasteiger charge is -2.15. The quantitative estimate of drug-likeness (QED) is 0.463. The van der Waals surface area contributed by atoms with E-state index >= 15 is 0 Å². The molecule has 0 radical (unpaired) electrons. The van der Waals surface area contributed by atoms with E-state index < -0.39 is 11.8 Å². The van der Waals surface area contributed by atoms with Crippen LogP contribution in [-0.4, -0.2) is 37.0 Å². The molecule has 152 valence electrons. The summed E-state index contributed by atoms with van der Waals surface area (Å²) < 4.78 is 5.04. The minimum Gasteiger partial charge on any atom is -0.385 e. The van der Waals surface area contributed by atoms with E-state index in [1.54, 1.807) is 43.5 Å². The standard InChI is InChI=1S/C21H19Cl3N2O3/c1-12-15(23)5-3-6-17(12)25-19-18(14-8-7-13(22)11-16(14)24)20(27)26(21(19)28)9-4-10-29-2/h3,5-8,11,25H,4,9-10H2,1-2H3. The molecule has 0 unspecified atom stereocenters. The fourth-order valence-corrected chi connectivity index (χ4v) is 3.76. The topological polar surface area (TPSA) is 58.6 Å². The number of amides is 2. The molecule has 8 heteroatoms. The molecule has 0 bridgehead atoms. The predicted molar refractivity (Wildman–Crippen MR) is 116 cm³/mol. The molecule has 1 heterocycles. The third-order valence-corrected chi connectivity index (χ3v) is 5.58. The van der Waals surface area contributed by atoms with Crippen molar-refractivity contribution in [3.8, 4) is 0 Å². The van der Waals surface area contributed by atoms with Crippen LogP contribution in [0.2, 0.25) is 15.1 Å². The molecular weight excluding hydrogens is 435 g/mol. The molecule has 29 heavy (non-hydrogen) atoms. The second kappa shape index (κ2) is 9.18. The molecule has 0 atom stereocenters. The first-order chi connectivity index (χ1) is 13.8. The summed E-state index contributed by atoms with van der Waals surface area (Å²) in [6.45, 7) is 2.50. The summed E-state index contributed by atoms with van der Waals surface area (Å²) in [4.78, 5) is 27.5. The number of carbonyl (C=O) groups excluding carboxylic acids is 2. The normalized spacial score (nSPS) is 14.2. The van der Waals surface area contributed by atoms with Gasteiger partial charge in [-0.1, -0.05) is 46.9 Å². The van der Waals surface area contributed by atoms with Gasteiger partial charge in [0.05, 0.1) is 10.6 Å². The summed E-state index contributed by atoms with van der Waals surface area (Å²) in [5, 5.41) is 4.38. The molecule has 2 amide bonds. The molecule has 2 aromatic carbocycles. The zero-order valence-corrected chi connectivity index (χ0v) is 18.2. The van der Waals surface area contributed by atoms with E-state index in [9.17, 15) is 9.59 Å². The number of nitrogens with one attached hydrogen (secondary N) is 1. The number of ether oxygens (including phenoxy) is 1. The molecule has 0 saturated carbocycles. The largest absolute Gasteiger partial charge is 0.385 e. The zero-order chi connectivity index (χ0) is 21.1. The summed E-state index contributed by atoms with van der Waals surface area (Å²) in [5.74, 6) is -0.844. The van der Waals surface area contributed by atoms with Crippen LogP contribution in [0.5, 0.6) is 0 Å². The summed E-state index contributed by atoms with van der Waals surface area (Å²) in [6, 6.07) is 10.1. The van der Waals surface area contributed by atoms with Gasteiger partial charge in [-0.25, -0.2) is 0 Å². The maximum Gasteiger partial charge on any atom is 0.278 e. The molecule has 5 nitrogen and oxygen atoms in total. The van der Waals surface area contributed by atoms with Crippen molar-refractivity contribution in [2.45, 2.75) is 13.3 Å². The van der Waals surface area contributed by atoms with Crippen molar-refractivity contribution >= 4 is 57.9 Å². The number of carbonyl (C=O) groups is 2. The van der Waals surface area contributed by atoms with Gasteiger partial charge in [0.15, 0.2) is 0 Å². The highest BCUT2D eigenvalue weighted by atomic mass is 35.5. The Hall–Kier alpha value is -2.05. The van der Waals surface area contributed by atoms with Crippen molar-refractivity contribution in [1.82, 2.24) is 4.90 Å². The number of hydrogen-bond acceptors (Lipinski definition) is 4. The summed E-state index contributed by atoms with van der Waals surface area (Å²) in [6.07, 6.45) is 0.527.